The number of carbonyl (C=O) groups is 1. The molecule has 178 valence electrons. The highest BCUT2D eigenvalue weighted by Crippen LogP contribution is 2.27. The predicted molar refractivity (Wildman–Crippen MR) is 139 cm³/mol. The zero-order chi connectivity index (χ0) is 24.2. The Kier molecular flexibility index (Phi) is 6.93. The van der Waals surface area contributed by atoms with Gasteiger partial charge in [0, 0.05) is 41.6 Å². The number of hydrogen-bond donors (Lipinski definition) is 1. The van der Waals surface area contributed by atoms with Crippen LogP contribution in [0, 0.1) is 0 Å². The smallest absolute Gasteiger partial charge is 0.349 e. The number of halogens is 1. The maximum Gasteiger partial charge on any atom is 0.349 e. The maximum atomic E-state index is 13.0. The van der Waals surface area contributed by atoms with E-state index in [0.29, 0.717) is 16.2 Å². The Morgan fingerprint density at radius 2 is 1.66 bits per heavy atom. The van der Waals surface area contributed by atoms with Crippen molar-refractivity contribution in [2.75, 3.05) is 13.1 Å². The third kappa shape index (κ3) is 5.45. The SMILES string of the molecule is O=C(Cn1c(=O)nc(-c2ccccc2)c2cc(Cl)ccc21)NC1CCN(Cc2ccccc2)CC1. The topological polar surface area (TPSA) is 67.2 Å². The third-order valence-corrected chi connectivity index (χ3v) is 6.73. The van der Waals surface area contributed by atoms with Gasteiger partial charge in [-0.25, -0.2) is 4.79 Å². The second-order valence-corrected chi connectivity index (χ2v) is 9.40. The van der Waals surface area contributed by atoms with Crippen molar-refractivity contribution in [3.05, 3.63) is 99.9 Å². The van der Waals surface area contributed by atoms with Crippen molar-refractivity contribution in [3.63, 3.8) is 0 Å². The fourth-order valence-electron chi connectivity index (χ4n) is 4.72. The average molecular weight is 487 g/mol. The second-order valence-electron chi connectivity index (χ2n) is 8.96. The molecule has 1 aromatic heterocycles. The molecule has 1 aliphatic heterocycles. The maximum absolute atomic E-state index is 13.0. The minimum absolute atomic E-state index is 0.0801. The lowest BCUT2D eigenvalue weighted by atomic mass is 10.0. The highest BCUT2D eigenvalue weighted by atomic mass is 35.5. The second kappa shape index (κ2) is 10.4. The number of nitrogens with one attached hydrogen (secondary N) is 1. The van der Waals surface area contributed by atoms with E-state index in [-0.39, 0.29) is 18.5 Å². The van der Waals surface area contributed by atoms with Gasteiger partial charge in [-0.05, 0) is 36.6 Å². The fourth-order valence-corrected chi connectivity index (χ4v) is 4.89. The first-order valence-corrected chi connectivity index (χ1v) is 12.3. The van der Waals surface area contributed by atoms with Crippen molar-refractivity contribution in [1.29, 1.82) is 0 Å². The van der Waals surface area contributed by atoms with Crippen LogP contribution in [0.4, 0.5) is 0 Å². The molecular weight excluding hydrogens is 460 g/mol. The molecule has 0 radical (unpaired) electrons. The summed E-state index contributed by atoms with van der Waals surface area (Å²) in [6.07, 6.45) is 1.77. The summed E-state index contributed by atoms with van der Waals surface area (Å²) in [4.78, 5) is 32.7. The number of amides is 1. The van der Waals surface area contributed by atoms with Gasteiger partial charge in [-0.3, -0.25) is 14.3 Å². The molecular formula is C28H27ClN4O2. The first kappa shape index (κ1) is 23.3. The van der Waals surface area contributed by atoms with Gasteiger partial charge in [0.15, 0.2) is 0 Å². The number of aromatic nitrogens is 2. The number of piperidine rings is 1. The van der Waals surface area contributed by atoms with Crippen molar-refractivity contribution in [2.45, 2.75) is 32.0 Å². The average Bonchev–Trinajstić information content (AvgIpc) is 2.88. The van der Waals surface area contributed by atoms with Crippen LogP contribution < -0.4 is 11.0 Å². The molecule has 0 unspecified atom stereocenters. The number of fused-ring (bicyclic) bond motifs is 1. The van der Waals surface area contributed by atoms with Crippen molar-refractivity contribution >= 4 is 28.4 Å². The summed E-state index contributed by atoms with van der Waals surface area (Å²) in [5.74, 6) is -0.181. The number of hydrogen-bond acceptors (Lipinski definition) is 4. The van der Waals surface area contributed by atoms with E-state index in [2.05, 4.69) is 39.5 Å². The Morgan fingerprint density at radius 3 is 2.37 bits per heavy atom. The van der Waals surface area contributed by atoms with Crippen LogP contribution in [0.5, 0.6) is 0 Å². The summed E-state index contributed by atoms with van der Waals surface area (Å²) in [5, 5.41) is 4.41. The van der Waals surface area contributed by atoms with Crippen LogP contribution in [-0.2, 0) is 17.9 Å². The van der Waals surface area contributed by atoms with Gasteiger partial charge in [-0.1, -0.05) is 72.3 Å². The molecule has 0 atom stereocenters. The van der Waals surface area contributed by atoms with Gasteiger partial charge in [-0.2, -0.15) is 4.98 Å². The molecule has 1 amide bonds. The fraction of sp³-hybridized carbons (Fsp3) is 0.250. The normalized spacial score (nSPS) is 14.8. The van der Waals surface area contributed by atoms with E-state index >= 15 is 0 Å². The van der Waals surface area contributed by atoms with Crippen LogP contribution in [0.2, 0.25) is 5.02 Å². The molecule has 3 aromatic carbocycles. The highest BCUT2D eigenvalue weighted by Gasteiger charge is 2.22. The Labute approximate surface area is 209 Å². The molecule has 4 aromatic rings. The first-order chi connectivity index (χ1) is 17.1. The molecule has 1 aliphatic rings. The van der Waals surface area contributed by atoms with E-state index < -0.39 is 5.69 Å². The summed E-state index contributed by atoms with van der Waals surface area (Å²) >= 11 is 6.27. The third-order valence-electron chi connectivity index (χ3n) is 6.49. The van der Waals surface area contributed by atoms with Crippen LogP contribution in [0.25, 0.3) is 22.2 Å². The summed E-state index contributed by atoms with van der Waals surface area (Å²) in [7, 11) is 0. The van der Waals surface area contributed by atoms with Crippen LogP contribution in [0.3, 0.4) is 0 Å². The minimum Gasteiger partial charge on any atom is -0.352 e. The summed E-state index contributed by atoms with van der Waals surface area (Å²) < 4.78 is 1.43. The van der Waals surface area contributed by atoms with Crippen LogP contribution >= 0.6 is 11.6 Å². The lowest BCUT2D eigenvalue weighted by Crippen LogP contribution is -2.46. The van der Waals surface area contributed by atoms with Gasteiger partial charge in [0.2, 0.25) is 5.91 Å². The number of likely N-dealkylation sites (tertiary alicyclic amines) is 1. The predicted octanol–water partition coefficient (Wildman–Crippen LogP) is 4.50. The Bertz CT molecular complexity index is 1380. The zero-order valence-electron chi connectivity index (χ0n) is 19.4. The molecule has 1 N–H and O–H groups in total. The molecule has 35 heavy (non-hydrogen) atoms. The highest BCUT2D eigenvalue weighted by molar-refractivity contribution is 6.31. The van der Waals surface area contributed by atoms with Crippen molar-refractivity contribution in [3.8, 4) is 11.3 Å². The van der Waals surface area contributed by atoms with E-state index in [1.807, 2.05) is 36.4 Å². The number of benzene rings is 3. The first-order valence-electron chi connectivity index (χ1n) is 11.9. The molecule has 1 saturated heterocycles. The van der Waals surface area contributed by atoms with Crippen molar-refractivity contribution in [1.82, 2.24) is 19.8 Å². The summed E-state index contributed by atoms with van der Waals surface area (Å²) in [6, 6.07) is 25.4. The van der Waals surface area contributed by atoms with Gasteiger partial charge < -0.3 is 5.32 Å². The van der Waals surface area contributed by atoms with E-state index in [1.165, 1.54) is 10.1 Å². The van der Waals surface area contributed by atoms with E-state index in [4.69, 9.17) is 11.6 Å². The zero-order valence-corrected chi connectivity index (χ0v) is 20.1. The molecule has 0 aliphatic carbocycles. The molecule has 1 fully saturated rings. The lowest BCUT2D eigenvalue weighted by molar-refractivity contribution is -0.122. The Balaban J connectivity index is 1.29. The van der Waals surface area contributed by atoms with Gasteiger partial charge >= 0.3 is 5.69 Å². The summed E-state index contributed by atoms with van der Waals surface area (Å²) in [6.45, 7) is 2.69. The van der Waals surface area contributed by atoms with Crippen molar-refractivity contribution < 1.29 is 4.79 Å². The lowest BCUT2D eigenvalue weighted by Gasteiger charge is -2.32. The van der Waals surface area contributed by atoms with E-state index in [9.17, 15) is 9.59 Å². The number of rotatable bonds is 6. The van der Waals surface area contributed by atoms with Gasteiger partial charge in [0.25, 0.3) is 0 Å². The molecule has 7 heteroatoms. The molecule has 0 spiro atoms. The molecule has 0 bridgehead atoms. The summed E-state index contributed by atoms with van der Waals surface area (Å²) in [5.41, 5.74) is 2.88. The minimum atomic E-state index is -0.452. The molecule has 2 heterocycles. The number of nitrogens with zero attached hydrogens (tertiary/aromatic N) is 3. The Morgan fingerprint density at radius 1 is 0.971 bits per heavy atom. The van der Waals surface area contributed by atoms with Gasteiger partial charge in [0.05, 0.1) is 11.2 Å². The van der Waals surface area contributed by atoms with E-state index in [1.54, 1.807) is 18.2 Å². The van der Waals surface area contributed by atoms with Gasteiger partial charge in [-0.15, -0.1) is 0 Å². The van der Waals surface area contributed by atoms with Crippen molar-refractivity contribution in [2.24, 2.45) is 0 Å². The van der Waals surface area contributed by atoms with Gasteiger partial charge in [0.1, 0.15) is 6.54 Å². The number of carbonyl (C=O) groups excluding carboxylic acids is 1. The van der Waals surface area contributed by atoms with Crippen LogP contribution in [0.15, 0.2) is 83.7 Å². The monoisotopic (exact) mass is 486 g/mol. The standard InChI is InChI=1S/C28H27ClN4O2/c29-22-11-12-25-24(17-22)27(21-9-5-2-6-10-21)31-28(35)33(25)19-26(34)30-23-13-15-32(16-14-23)18-20-7-3-1-4-8-20/h1-12,17,23H,13-16,18-19H2,(H,30,34). The largest absolute Gasteiger partial charge is 0.352 e. The quantitative estimate of drug-likeness (QED) is 0.436. The molecule has 5 rings (SSSR count). The Hall–Kier alpha value is -3.48. The molecule has 6 nitrogen and oxygen atoms in total. The van der Waals surface area contributed by atoms with E-state index in [0.717, 1.165) is 43.4 Å². The molecule has 0 saturated carbocycles. The van der Waals surface area contributed by atoms with Crippen LogP contribution in [-0.4, -0.2) is 39.5 Å². The van der Waals surface area contributed by atoms with Crippen LogP contribution in [0.1, 0.15) is 18.4 Å².